The lowest BCUT2D eigenvalue weighted by molar-refractivity contribution is -0.140. The molecule has 0 bridgehead atoms. The smallest absolute Gasteiger partial charge is 0.309 e. The molecular weight excluding hydrogens is 300 g/mol. The van der Waals surface area contributed by atoms with Crippen molar-refractivity contribution in [2.24, 2.45) is 0 Å². The van der Waals surface area contributed by atoms with E-state index in [-0.39, 0.29) is 12.1 Å². The second kappa shape index (κ2) is 11.5. The van der Waals surface area contributed by atoms with Crippen LogP contribution in [0.2, 0.25) is 0 Å². The number of nitrogens with one attached hydrogen (secondary N) is 2. The Morgan fingerprint density at radius 1 is 0.458 bits per heavy atom. The molecule has 0 unspecified atom stereocenters. The molecule has 0 saturated heterocycles. The lowest BCUT2D eigenvalue weighted by Gasteiger charge is -2.23. The molecule has 0 aromatic carbocycles. The minimum absolute atomic E-state index is 0.175. The van der Waals surface area contributed by atoms with Crippen molar-refractivity contribution >= 4 is 11.8 Å². The molecule has 0 aromatic heterocycles. The van der Waals surface area contributed by atoms with Gasteiger partial charge in [-0.1, -0.05) is 77.0 Å². The number of carbonyl (C=O) groups excluding carboxylic acids is 2. The number of carbonyl (C=O) groups is 2. The van der Waals surface area contributed by atoms with Gasteiger partial charge in [0.15, 0.2) is 0 Å². The van der Waals surface area contributed by atoms with Gasteiger partial charge in [0.25, 0.3) is 0 Å². The Hall–Kier alpha value is -1.06. The van der Waals surface area contributed by atoms with E-state index in [1.807, 2.05) is 0 Å². The standard InChI is InChI=1S/C20H36N2O2/c23-19(20(24)22-18-15-11-8-12-16-18)21-17-13-9-6-4-2-1-3-5-7-10-14-17/h17-18H,1-16H2,(H,21,23)(H,22,24). The predicted molar refractivity (Wildman–Crippen MR) is 97.7 cm³/mol. The van der Waals surface area contributed by atoms with E-state index in [0.717, 1.165) is 51.4 Å². The van der Waals surface area contributed by atoms with Gasteiger partial charge in [-0.2, -0.15) is 0 Å². The maximum Gasteiger partial charge on any atom is 0.309 e. The van der Waals surface area contributed by atoms with Crippen molar-refractivity contribution in [1.29, 1.82) is 0 Å². The second-order valence-corrected chi connectivity index (χ2v) is 7.74. The molecule has 2 fully saturated rings. The molecule has 24 heavy (non-hydrogen) atoms. The van der Waals surface area contributed by atoms with Crippen molar-refractivity contribution in [1.82, 2.24) is 10.6 Å². The van der Waals surface area contributed by atoms with Crippen molar-refractivity contribution in [2.45, 2.75) is 115 Å². The zero-order valence-electron chi connectivity index (χ0n) is 15.3. The highest BCUT2D eigenvalue weighted by molar-refractivity contribution is 6.35. The molecule has 0 atom stereocenters. The molecule has 2 N–H and O–H groups in total. The Balaban J connectivity index is 1.74. The molecule has 0 spiro atoms. The van der Waals surface area contributed by atoms with Crippen LogP contribution in [0.4, 0.5) is 0 Å². The van der Waals surface area contributed by atoms with Crippen LogP contribution < -0.4 is 10.6 Å². The summed E-state index contributed by atoms with van der Waals surface area (Å²) >= 11 is 0. The van der Waals surface area contributed by atoms with Gasteiger partial charge in [-0.15, -0.1) is 0 Å². The number of rotatable bonds is 2. The van der Waals surface area contributed by atoms with Crippen LogP contribution in [0.3, 0.4) is 0 Å². The normalized spacial score (nSPS) is 22.8. The van der Waals surface area contributed by atoms with Gasteiger partial charge in [0.05, 0.1) is 0 Å². The van der Waals surface area contributed by atoms with E-state index in [2.05, 4.69) is 10.6 Å². The van der Waals surface area contributed by atoms with Gasteiger partial charge in [0.2, 0.25) is 0 Å². The molecule has 2 aliphatic rings. The van der Waals surface area contributed by atoms with Crippen LogP contribution in [0.1, 0.15) is 103 Å². The highest BCUT2D eigenvalue weighted by Gasteiger charge is 2.22. The largest absolute Gasteiger partial charge is 0.345 e. The Labute approximate surface area is 147 Å². The zero-order valence-corrected chi connectivity index (χ0v) is 15.3. The maximum absolute atomic E-state index is 12.2. The molecule has 0 radical (unpaired) electrons. The molecule has 2 rings (SSSR count). The Kier molecular flexibility index (Phi) is 9.22. The predicted octanol–water partition coefficient (Wildman–Crippen LogP) is 4.22. The molecule has 2 saturated carbocycles. The van der Waals surface area contributed by atoms with Crippen LogP contribution in [-0.2, 0) is 9.59 Å². The van der Waals surface area contributed by atoms with E-state index in [1.165, 1.54) is 51.4 Å². The minimum Gasteiger partial charge on any atom is -0.345 e. The quantitative estimate of drug-likeness (QED) is 0.742. The van der Waals surface area contributed by atoms with E-state index in [9.17, 15) is 9.59 Å². The lowest BCUT2D eigenvalue weighted by Crippen LogP contribution is -2.48. The van der Waals surface area contributed by atoms with E-state index in [0.29, 0.717) is 0 Å². The summed E-state index contributed by atoms with van der Waals surface area (Å²) in [5.41, 5.74) is 0. The first-order chi connectivity index (χ1) is 11.8. The van der Waals surface area contributed by atoms with E-state index < -0.39 is 11.8 Å². The molecule has 0 aromatic rings. The van der Waals surface area contributed by atoms with Crippen LogP contribution in [-0.4, -0.2) is 23.9 Å². The molecular formula is C20H36N2O2. The van der Waals surface area contributed by atoms with Crippen LogP contribution in [0.25, 0.3) is 0 Å². The molecule has 0 heterocycles. The number of hydrogen-bond acceptors (Lipinski definition) is 2. The summed E-state index contributed by atoms with van der Waals surface area (Å²) in [6, 6.07) is 0.377. The Bertz CT molecular complexity index is 366. The second-order valence-electron chi connectivity index (χ2n) is 7.74. The molecule has 2 amide bonds. The van der Waals surface area contributed by atoms with Crippen molar-refractivity contribution in [3.05, 3.63) is 0 Å². The summed E-state index contributed by atoms with van der Waals surface area (Å²) in [6.07, 6.45) is 19.2. The molecule has 2 aliphatic carbocycles. The summed E-state index contributed by atoms with van der Waals surface area (Å²) in [5, 5.41) is 5.94. The minimum atomic E-state index is -0.423. The summed E-state index contributed by atoms with van der Waals surface area (Å²) < 4.78 is 0. The van der Waals surface area contributed by atoms with Gasteiger partial charge in [-0.25, -0.2) is 0 Å². The fourth-order valence-electron chi connectivity index (χ4n) is 4.06. The summed E-state index contributed by atoms with van der Waals surface area (Å²) in [4.78, 5) is 24.4. The first-order valence-corrected chi connectivity index (χ1v) is 10.4. The number of amides is 2. The molecule has 4 nitrogen and oxygen atoms in total. The van der Waals surface area contributed by atoms with Crippen molar-refractivity contribution in [2.75, 3.05) is 0 Å². The van der Waals surface area contributed by atoms with Gasteiger partial charge >= 0.3 is 11.8 Å². The third-order valence-electron chi connectivity index (χ3n) is 5.59. The average molecular weight is 337 g/mol. The SMILES string of the molecule is O=C(NC1CCCCCCCCCCC1)C(=O)NC1CCCCC1. The summed E-state index contributed by atoms with van der Waals surface area (Å²) in [5.74, 6) is -0.842. The number of hydrogen-bond donors (Lipinski definition) is 2. The molecule has 138 valence electrons. The third-order valence-corrected chi connectivity index (χ3v) is 5.59. The Morgan fingerprint density at radius 3 is 1.04 bits per heavy atom. The van der Waals surface area contributed by atoms with Gasteiger partial charge < -0.3 is 10.6 Å². The van der Waals surface area contributed by atoms with E-state index in [1.54, 1.807) is 0 Å². The molecule has 0 aliphatic heterocycles. The van der Waals surface area contributed by atoms with Crippen molar-refractivity contribution < 1.29 is 9.59 Å². The summed E-state index contributed by atoms with van der Waals surface area (Å²) in [6.45, 7) is 0. The van der Waals surface area contributed by atoms with E-state index >= 15 is 0 Å². The van der Waals surface area contributed by atoms with Crippen LogP contribution in [0, 0.1) is 0 Å². The highest BCUT2D eigenvalue weighted by Crippen LogP contribution is 2.18. The van der Waals surface area contributed by atoms with Gasteiger partial charge in [-0.05, 0) is 25.7 Å². The topological polar surface area (TPSA) is 58.2 Å². The van der Waals surface area contributed by atoms with Crippen LogP contribution in [0.15, 0.2) is 0 Å². The van der Waals surface area contributed by atoms with Gasteiger partial charge in [-0.3, -0.25) is 9.59 Å². The lowest BCUT2D eigenvalue weighted by atomic mass is 9.95. The van der Waals surface area contributed by atoms with Gasteiger partial charge in [0, 0.05) is 12.1 Å². The average Bonchev–Trinajstić information content (AvgIpc) is 2.58. The van der Waals surface area contributed by atoms with Gasteiger partial charge in [0.1, 0.15) is 0 Å². The first-order valence-electron chi connectivity index (χ1n) is 10.4. The first kappa shape index (κ1) is 19.3. The zero-order chi connectivity index (χ0) is 17.0. The fraction of sp³-hybridized carbons (Fsp3) is 0.900. The van der Waals surface area contributed by atoms with E-state index in [4.69, 9.17) is 0 Å². The van der Waals surface area contributed by atoms with Crippen molar-refractivity contribution in [3.63, 3.8) is 0 Å². The van der Waals surface area contributed by atoms with Crippen molar-refractivity contribution in [3.8, 4) is 0 Å². The summed E-state index contributed by atoms with van der Waals surface area (Å²) in [7, 11) is 0. The van der Waals surface area contributed by atoms with Crippen LogP contribution in [0.5, 0.6) is 0 Å². The molecule has 4 heteroatoms. The third kappa shape index (κ3) is 7.67. The maximum atomic E-state index is 12.2. The monoisotopic (exact) mass is 336 g/mol. The Morgan fingerprint density at radius 2 is 0.708 bits per heavy atom. The fourth-order valence-corrected chi connectivity index (χ4v) is 4.06. The van der Waals surface area contributed by atoms with Crippen LogP contribution >= 0.6 is 0 Å². The highest BCUT2D eigenvalue weighted by atomic mass is 16.2.